The Bertz CT molecular complexity index is 885. The summed E-state index contributed by atoms with van der Waals surface area (Å²) in [5.41, 5.74) is 0. The van der Waals surface area contributed by atoms with Crippen LogP contribution in [-0.4, -0.2) is 156 Å². The highest BCUT2D eigenvalue weighted by molar-refractivity contribution is 8.56. The van der Waals surface area contributed by atoms with Crippen LogP contribution in [0.25, 0.3) is 0 Å². The number of aliphatic hydroxyl groups excluding tert-OH is 2. The number of aliphatic hydroxyl groups is 2. The van der Waals surface area contributed by atoms with Gasteiger partial charge in [0.25, 0.3) is 0 Å². The first-order valence-electron chi connectivity index (χ1n) is 14.6. The normalized spacial score (nSPS) is 22.2. The molecule has 0 aromatic heterocycles. The first kappa shape index (κ1) is 38.4. The number of carboxylic acids is 1. The molecule has 2 aliphatic heterocycles. The number of fused-ring (bicyclic) bond motifs is 1. The molecule has 2 heterocycles. The first-order chi connectivity index (χ1) is 20.8. The number of carbonyl (C=O) groups is 2. The van der Waals surface area contributed by atoms with Crippen molar-refractivity contribution in [3.63, 3.8) is 0 Å². The average molecular weight is 677 g/mol. The van der Waals surface area contributed by atoms with E-state index in [1.165, 1.54) is 0 Å². The number of carbonyl (C=O) groups excluding carboxylic acids is 1. The third-order valence-corrected chi connectivity index (χ3v) is 11.5. The lowest BCUT2D eigenvalue weighted by atomic mass is 9.94. The van der Waals surface area contributed by atoms with Crippen molar-refractivity contribution in [2.24, 2.45) is 5.92 Å². The summed E-state index contributed by atoms with van der Waals surface area (Å²) in [7, 11) is -1.74. The van der Waals surface area contributed by atoms with Crippen LogP contribution < -0.4 is 10.6 Å². The molecule has 0 aromatic rings. The lowest BCUT2D eigenvalue weighted by Crippen LogP contribution is -2.39. The molecule has 0 aliphatic carbocycles. The Morgan fingerprint density at radius 3 is 1.77 bits per heavy atom. The maximum Gasteiger partial charge on any atom is 0.315 e. The van der Waals surface area contributed by atoms with Crippen molar-refractivity contribution in [2.45, 2.75) is 42.7 Å². The number of urea groups is 1. The van der Waals surface area contributed by atoms with Crippen molar-refractivity contribution in [1.29, 1.82) is 0 Å². The van der Waals surface area contributed by atoms with E-state index in [2.05, 4.69) is 10.6 Å². The Hall–Kier alpha value is -0.830. The van der Waals surface area contributed by atoms with E-state index in [1.807, 2.05) is 0 Å². The van der Waals surface area contributed by atoms with Gasteiger partial charge in [-0.1, -0.05) is 13.6 Å². The van der Waals surface area contributed by atoms with Crippen LogP contribution in [0.4, 0.5) is 4.79 Å². The van der Waals surface area contributed by atoms with Crippen LogP contribution >= 0.6 is 0 Å². The quantitative estimate of drug-likeness (QED) is 0.0494. The first-order valence-corrected chi connectivity index (χ1v) is 18.3. The summed E-state index contributed by atoms with van der Waals surface area (Å²) in [6, 6.07) is -0.372. The fourth-order valence-electron chi connectivity index (χ4n) is 4.83. The molecular weight excluding hydrogens is 628 g/mol. The lowest BCUT2D eigenvalue weighted by molar-refractivity contribution is -0.150. The van der Waals surface area contributed by atoms with Gasteiger partial charge in [0.15, 0.2) is 0 Å². The Morgan fingerprint density at radius 1 is 0.814 bits per heavy atom. The van der Waals surface area contributed by atoms with Crippen LogP contribution in [0.2, 0.25) is 0 Å². The Kier molecular flexibility index (Phi) is 20.2. The standard InChI is InChI=1S/C26H48N2O12S3/c29-4-5-34-6-7-35-8-9-36-10-11-37-12-13-38-14-15-39-16-17-40-22(18-30)20(25(31)32)2-1-3-23-24-21(19-43(23,41)42)27-26(33)28-24/h20-24,29-30H,1-19H2,(H,31,32)(H2,27,28,33)/t20?,21-,22?,23-,24-/m0/s1. The Balaban J connectivity index is 1.45. The maximum atomic E-state index is 11.9. The van der Waals surface area contributed by atoms with E-state index in [0.29, 0.717) is 97.7 Å². The molecule has 2 rings (SSSR count). The number of aliphatic carboxylic acids is 1. The van der Waals surface area contributed by atoms with Crippen molar-refractivity contribution < 1.29 is 58.1 Å². The van der Waals surface area contributed by atoms with E-state index < -0.39 is 31.7 Å². The summed E-state index contributed by atoms with van der Waals surface area (Å²) < 4.78 is 37.8. The molecule has 0 bridgehead atoms. The fraction of sp³-hybridized carbons (Fsp3) is 0.923. The predicted octanol–water partition coefficient (Wildman–Crippen LogP) is -1.16. The van der Waals surface area contributed by atoms with Crippen LogP contribution in [-0.2, 0) is 67.5 Å². The van der Waals surface area contributed by atoms with Crippen molar-refractivity contribution in [1.82, 2.24) is 10.6 Å². The molecule has 2 saturated heterocycles. The number of amides is 2. The highest BCUT2D eigenvalue weighted by Crippen LogP contribution is 2.30. The molecule has 252 valence electrons. The van der Waals surface area contributed by atoms with E-state index in [-0.39, 0.29) is 43.2 Å². The molecule has 5 atom stereocenters. The van der Waals surface area contributed by atoms with Crippen molar-refractivity contribution >= 4 is 41.5 Å². The van der Waals surface area contributed by atoms with Crippen LogP contribution in [0.3, 0.4) is 0 Å². The minimum Gasteiger partial charge on any atom is -0.481 e. The zero-order valence-corrected chi connectivity index (χ0v) is 27.0. The van der Waals surface area contributed by atoms with Gasteiger partial charge in [-0.25, -0.2) is 4.79 Å². The molecule has 5 N–H and O–H groups in total. The molecule has 0 saturated carbocycles. The number of hydrogen-bond donors (Lipinski definition) is 5. The van der Waals surface area contributed by atoms with E-state index in [4.69, 9.17) is 60.6 Å². The second-order valence-corrected chi connectivity index (χ2v) is 16.4. The average Bonchev–Trinajstić information content (AvgIpc) is 3.43. The molecule has 43 heavy (non-hydrogen) atoms. The van der Waals surface area contributed by atoms with Crippen molar-refractivity contribution in [2.75, 3.05) is 105 Å². The van der Waals surface area contributed by atoms with Crippen LogP contribution in [0.1, 0.15) is 19.3 Å². The molecule has 0 spiro atoms. The van der Waals surface area contributed by atoms with Gasteiger partial charge in [0.05, 0.1) is 123 Å². The van der Waals surface area contributed by atoms with Crippen molar-refractivity contribution in [3.05, 3.63) is 0 Å². The SMILES string of the molecule is O=C1N[C@H]2[C@H](CS(=S)(=S)[C@H]2CCCC(C(=O)O)C(CO)OCCOCCOCCOCCOCCOCCOCCO)N1. The van der Waals surface area contributed by atoms with E-state index in [1.54, 1.807) is 0 Å². The zero-order chi connectivity index (χ0) is 31.3. The van der Waals surface area contributed by atoms with E-state index in [0.717, 1.165) is 0 Å². The van der Waals surface area contributed by atoms with Crippen LogP contribution in [0.5, 0.6) is 0 Å². The topological polar surface area (TPSA) is 184 Å². The zero-order valence-electron chi connectivity index (χ0n) is 24.6. The van der Waals surface area contributed by atoms with Crippen molar-refractivity contribution in [3.8, 4) is 0 Å². The third kappa shape index (κ3) is 15.3. The molecule has 17 heteroatoms. The minimum atomic E-state index is -1.74. The second-order valence-electron chi connectivity index (χ2n) is 9.98. The van der Waals surface area contributed by atoms with Gasteiger partial charge in [0.1, 0.15) is 0 Å². The van der Waals surface area contributed by atoms with Gasteiger partial charge in [-0.2, -0.15) is 0 Å². The summed E-state index contributed by atoms with van der Waals surface area (Å²) in [6.45, 7) is 4.53. The number of ether oxygens (including phenoxy) is 7. The monoisotopic (exact) mass is 676 g/mol. The minimum absolute atomic E-state index is 0.00362. The van der Waals surface area contributed by atoms with Gasteiger partial charge in [0, 0.05) is 11.0 Å². The summed E-state index contributed by atoms with van der Waals surface area (Å²) in [4.78, 5) is 23.6. The Labute approximate surface area is 263 Å². The predicted molar refractivity (Wildman–Crippen MR) is 164 cm³/mol. The smallest absolute Gasteiger partial charge is 0.315 e. The number of carboxylic acid groups (broad SMARTS) is 1. The van der Waals surface area contributed by atoms with Gasteiger partial charge in [0.2, 0.25) is 0 Å². The summed E-state index contributed by atoms with van der Waals surface area (Å²) in [6.07, 6.45) is 0.604. The van der Waals surface area contributed by atoms with Gasteiger partial charge in [-0.05, 0) is 35.2 Å². The summed E-state index contributed by atoms with van der Waals surface area (Å²) in [5, 5.41) is 33.8. The second kappa shape index (κ2) is 22.6. The molecule has 0 aromatic carbocycles. The molecule has 2 unspecified atom stereocenters. The molecule has 2 aliphatic rings. The number of hydrogen-bond acceptors (Lipinski definition) is 13. The molecule has 2 fully saturated rings. The van der Waals surface area contributed by atoms with E-state index >= 15 is 0 Å². The number of nitrogens with one attached hydrogen (secondary N) is 2. The summed E-state index contributed by atoms with van der Waals surface area (Å²) >= 11 is 11.3. The molecular formula is C26H48N2O12S3. The highest BCUT2D eigenvalue weighted by Gasteiger charge is 2.47. The summed E-state index contributed by atoms with van der Waals surface area (Å²) in [5.74, 6) is -1.32. The van der Waals surface area contributed by atoms with Gasteiger partial charge in [-0.15, -0.1) is 0 Å². The molecule has 2 amide bonds. The lowest BCUT2D eigenvalue weighted by Gasteiger charge is -2.24. The van der Waals surface area contributed by atoms with Crippen LogP contribution in [0, 0.1) is 5.92 Å². The Morgan fingerprint density at radius 2 is 1.30 bits per heavy atom. The third-order valence-electron chi connectivity index (χ3n) is 6.93. The molecule has 14 nitrogen and oxygen atoms in total. The highest BCUT2D eigenvalue weighted by atomic mass is 33.1. The largest absolute Gasteiger partial charge is 0.481 e. The van der Waals surface area contributed by atoms with Gasteiger partial charge in [-0.3, -0.25) is 4.79 Å². The van der Waals surface area contributed by atoms with Gasteiger partial charge < -0.3 is 59.1 Å². The maximum absolute atomic E-state index is 11.9. The number of rotatable bonds is 28. The molecule has 0 radical (unpaired) electrons. The fourth-order valence-corrected chi connectivity index (χ4v) is 9.28. The van der Waals surface area contributed by atoms with Crippen LogP contribution in [0.15, 0.2) is 0 Å². The van der Waals surface area contributed by atoms with E-state index in [9.17, 15) is 19.8 Å². The van der Waals surface area contributed by atoms with Gasteiger partial charge >= 0.3 is 12.0 Å².